The Hall–Kier alpha value is -0.810. The molecular weight excluding hydrogens is 314 g/mol. The Bertz CT molecular complexity index is 349. The van der Waals surface area contributed by atoms with Crippen LogP contribution in [0, 0.1) is 11.8 Å². The SMILES string of the molecule is CN=C(NCCCOCC1CCOCC1)NCC1CCCCCCC1. The molecule has 2 aliphatic rings. The Balaban J connectivity index is 1.48. The second kappa shape index (κ2) is 13.4. The zero-order chi connectivity index (χ0) is 17.6. The average Bonchev–Trinajstić information content (AvgIpc) is 2.62. The molecule has 1 saturated carbocycles. The van der Waals surface area contributed by atoms with Crippen LogP contribution in [0.2, 0.25) is 0 Å². The highest BCUT2D eigenvalue weighted by Gasteiger charge is 2.14. The summed E-state index contributed by atoms with van der Waals surface area (Å²) >= 11 is 0. The Kier molecular flexibility index (Phi) is 11.0. The van der Waals surface area contributed by atoms with E-state index >= 15 is 0 Å². The van der Waals surface area contributed by atoms with Gasteiger partial charge in [-0.2, -0.15) is 0 Å². The summed E-state index contributed by atoms with van der Waals surface area (Å²) < 4.78 is 11.2. The molecule has 0 unspecified atom stereocenters. The predicted octanol–water partition coefficient (Wildman–Crippen LogP) is 3.35. The molecule has 1 saturated heterocycles. The normalized spacial score (nSPS) is 21.6. The number of hydrogen-bond donors (Lipinski definition) is 2. The molecule has 2 rings (SSSR count). The molecule has 2 N–H and O–H groups in total. The summed E-state index contributed by atoms with van der Waals surface area (Å²) in [5, 5.41) is 6.93. The van der Waals surface area contributed by atoms with Crippen molar-refractivity contribution in [2.24, 2.45) is 16.8 Å². The monoisotopic (exact) mass is 353 g/mol. The first-order valence-corrected chi connectivity index (χ1v) is 10.5. The quantitative estimate of drug-likeness (QED) is 0.399. The van der Waals surface area contributed by atoms with Gasteiger partial charge in [-0.1, -0.05) is 32.1 Å². The predicted molar refractivity (Wildman–Crippen MR) is 104 cm³/mol. The first-order chi connectivity index (χ1) is 12.4. The summed E-state index contributed by atoms with van der Waals surface area (Å²) in [7, 11) is 1.86. The third kappa shape index (κ3) is 9.45. The van der Waals surface area contributed by atoms with Crippen molar-refractivity contribution >= 4 is 5.96 Å². The molecule has 0 amide bonds. The molecule has 0 aromatic heterocycles. The lowest BCUT2D eigenvalue weighted by Gasteiger charge is -2.22. The summed E-state index contributed by atoms with van der Waals surface area (Å²) in [6.07, 6.45) is 13.1. The maximum absolute atomic E-state index is 5.81. The number of aliphatic imine (C=N–C) groups is 1. The summed E-state index contributed by atoms with van der Waals surface area (Å²) in [6, 6.07) is 0. The van der Waals surface area contributed by atoms with Crippen LogP contribution in [0.3, 0.4) is 0 Å². The fraction of sp³-hybridized carbons (Fsp3) is 0.950. The number of ether oxygens (including phenoxy) is 2. The number of hydrogen-bond acceptors (Lipinski definition) is 3. The molecule has 0 atom stereocenters. The van der Waals surface area contributed by atoms with E-state index in [1.54, 1.807) is 0 Å². The molecule has 5 heteroatoms. The summed E-state index contributed by atoms with van der Waals surface area (Å²) in [5.74, 6) is 2.44. The fourth-order valence-corrected chi connectivity index (χ4v) is 3.75. The van der Waals surface area contributed by atoms with Gasteiger partial charge in [-0.25, -0.2) is 0 Å². The maximum atomic E-state index is 5.81. The van der Waals surface area contributed by atoms with Gasteiger partial charge in [0.1, 0.15) is 0 Å². The Labute approximate surface area is 154 Å². The van der Waals surface area contributed by atoms with E-state index in [9.17, 15) is 0 Å². The first kappa shape index (κ1) is 20.5. The Morgan fingerprint density at radius 3 is 2.40 bits per heavy atom. The van der Waals surface area contributed by atoms with Gasteiger partial charge in [0.25, 0.3) is 0 Å². The molecule has 0 radical (unpaired) electrons. The topological polar surface area (TPSA) is 54.9 Å². The first-order valence-electron chi connectivity index (χ1n) is 10.5. The van der Waals surface area contributed by atoms with Crippen LogP contribution < -0.4 is 10.6 Å². The van der Waals surface area contributed by atoms with E-state index in [4.69, 9.17) is 9.47 Å². The zero-order valence-corrected chi connectivity index (χ0v) is 16.2. The van der Waals surface area contributed by atoms with Gasteiger partial charge in [0.2, 0.25) is 0 Å². The highest BCUT2D eigenvalue weighted by Crippen LogP contribution is 2.21. The lowest BCUT2D eigenvalue weighted by atomic mass is 9.91. The molecule has 0 aromatic carbocycles. The van der Waals surface area contributed by atoms with Crippen LogP contribution in [-0.2, 0) is 9.47 Å². The molecule has 0 aromatic rings. The number of rotatable bonds is 8. The van der Waals surface area contributed by atoms with Gasteiger partial charge < -0.3 is 20.1 Å². The van der Waals surface area contributed by atoms with Gasteiger partial charge in [0.05, 0.1) is 0 Å². The molecule has 1 heterocycles. The third-order valence-electron chi connectivity index (χ3n) is 5.46. The zero-order valence-electron chi connectivity index (χ0n) is 16.2. The smallest absolute Gasteiger partial charge is 0.190 e. The second-order valence-electron chi connectivity index (χ2n) is 7.58. The van der Waals surface area contributed by atoms with Crippen LogP contribution in [-0.4, -0.2) is 52.5 Å². The van der Waals surface area contributed by atoms with Crippen molar-refractivity contribution in [1.82, 2.24) is 10.6 Å². The van der Waals surface area contributed by atoms with E-state index in [1.165, 1.54) is 44.9 Å². The minimum atomic E-state index is 0.694. The van der Waals surface area contributed by atoms with Gasteiger partial charge >= 0.3 is 0 Å². The number of nitrogens with zero attached hydrogens (tertiary/aromatic N) is 1. The highest BCUT2D eigenvalue weighted by molar-refractivity contribution is 5.79. The molecule has 1 aliphatic carbocycles. The number of nitrogens with one attached hydrogen (secondary N) is 2. The molecule has 25 heavy (non-hydrogen) atoms. The Morgan fingerprint density at radius 2 is 1.68 bits per heavy atom. The van der Waals surface area contributed by atoms with E-state index in [2.05, 4.69) is 15.6 Å². The van der Waals surface area contributed by atoms with Crippen LogP contribution in [0.1, 0.15) is 64.2 Å². The lowest BCUT2D eigenvalue weighted by Crippen LogP contribution is -2.40. The molecular formula is C20H39N3O2. The van der Waals surface area contributed by atoms with Crippen LogP contribution in [0.25, 0.3) is 0 Å². The summed E-state index contributed by atoms with van der Waals surface area (Å²) in [6.45, 7) is 5.48. The van der Waals surface area contributed by atoms with E-state index in [0.29, 0.717) is 5.92 Å². The highest BCUT2D eigenvalue weighted by atomic mass is 16.5. The minimum absolute atomic E-state index is 0.694. The van der Waals surface area contributed by atoms with Crippen molar-refractivity contribution in [2.75, 3.05) is 46.6 Å². The van der Waals surface area contributed by atoms with E-state index < -0.39 is 0 Å². The number of guanidine groups is 1. The van der Waals surface area contributed by atoms with E-state index in [1.807, 2.05) is 7.05 Å². The minimum Gasteiger partial charge on any atom is -0.381 e. The standard InChI is InChI=1S/C20H39N3O2/c1-21-20(23-16-18-8-5-3-2-4-6-9-18)22-12-7-13-25-17-19-10-14-24-15-11-19/h18-19H,2-17H2,1H3,(H2,21,22,23). The van der Waals surface area contributed by atoms with Gasteiger partial charge in [-0.3, -0.25) is 4.99 Å². The molecule has 0 bridgehead atoms. The van der Waals surface area contributed by atoms with E-state index in [-0.39, 0.29) is 0 Å². The second-order valence-corrected chi connectivity index (χ2v) is 7.58. The van der Waals surface area contributed by atoms with Crippen molar-refractivity contribution in [3.05, 3.63) is 0 Å². The molecule has 5 nitrogen and oxygen atoms in total. The molecule has 146 valence electrons. The van der Waals surface area contributed by atoms with Crippen molar-refractivity contribution in [2.45, 2.75) is 64.2 Å². The van der Waals surface area contributed by atoms with E-state index in [0.717, 1.165) is 70.7 Å². The largest absolute Gasteiger partial charge is 0.381 e. The van der Waals surface area contributed by atoms with Gasteiger partial charge in [0, 0.05) is 46.6 Å². The van der Waals surface area contributed by atoms with Crippen LogP contribution in [0.4, 0.5) is 0 Å². The Morgan fingerprint density at radius 1 is 0.960 bits per heavy atom. The van der Waals surface area contributed by atoms with Gasteiger partial charge in [0.15, 0.2) is 5.96 Å². The van der Waals surface area contributed by atoms with Crippen LogP contribution in [0.15, 0.2) is 4.99 Å². The molecule has 0 spiro atoms. The lowest BCUT2D eigenvalue weighted by molar-refractivity contribution is 0.0203. The summed E-state index contributed by atoms with van der Waals surface area (Å²) in [5.41, 5.74) is 0. The fourth-order valence-electron chi connectivity index (χ4n) is 3.75. The van der Waals surface area contributed by atoms with Crippen LogP contribution in [0.5, 0.6) is 0 Å². The third-order valence-corrected chi connectivity index (χ3v) is 5.46. The van der Waals surface area contributed by atoms with Crippen molar-refractivity contribution in [3.8, 4) is 0 Å². The van der Waals surface area contributed by atoms with Crippen LogP contribution >= 0.6 is 0 Å². The van der Waals surface area contributed by atoms with Crippen molar-refractivity contribution in [3.63, 3.8) is 0 Å². The van der Waals surface area contributed by atoms with Gasteiger partial charge in [-0.05, 0) is 43.9 Å². The van der Waals surface area contributed by atoms with Crippen molar-refractivity contribution in [1.29, 1.82) is 0 Å². The maximum Gasteiger partial charge on any atom is 0.190 e. The molecule has 1 aliphatic heterocycles. The molecule has 2 fully saturated rings. The van der Waals surface area contributed by atoms with Crippen molar-refractivity contribution < 1.29 is 9.47 Å². The average molecular weight is 354 g/mol. The summed E-state index contributed by atoms with van der Waals surface area (Å²) in [4.78, 5) is 4.35. The van der Waals surface area contributed by atoms with Gasteiger partial charge in [-0.15, -0.1) is 0 Å².